The van der Waals surface area contributed by atoms with Crippen molar-refractivity contribution in [2.45, 2.75) is 20.8 Å². The van der Waals surface area contributed by atoms with Gasteiger partial charge in [-0.3, -0.25) is 0 Å². The Hall–Kier alpha value is -2.24. The standard InChI is InChI=1S/C15H21N5O2/c1-9-12(15(21)22-4)10(2)14(11(3)13(9)18-19-16)20-7-5-17-6-8-20/h17H,5-8H2,1-4H3. The minimum absolute atomic E-state index is 0.402. The number of methoxy groups -OCH3 is 1. The Morgan fingerprint density at radius 2 is 1.86 bits per heavy atom. The molecule has 0 aliphatic carbocycles. The summed E-state index contributed by atoms with van der Waals surface area (Å²) in [7, 11) is 1.36. The lowest BCUT2D eigenvalue weighted by molar-refractivity contribution is 0.0599. The molecule has 0 amide bonds. The highest BCUT2D eigenvalue weighted by Crippen LogP contribution is 2.39. The van der Waals surface area contributed by atoms with Crippen molar-refractivity contribution >= 4 is 17.3 Å². The van der Waals surface area contributed by atoms with Crippen LogP contribution in [0.15, 0.2) is 5.11 Å². The molecule has 7 heteroatoms. The first kappa shape index (κ1) is 16.1. The summed E-state index contributed by atoms with van der Waals surface area (Å²) < 4.78 is 4.91. The van der Waals surface area contributed by atoms with Gasteiger partial charge in [0.05, 0.1) is 12.7 Å². The van der Waals surface area contributed by atoms with E-state index in [1.807, 2.05) is 13.8 Å². The van der Waals surface area contributed by atoms with E-state index >= 15 is 0 Å². The van der Waals surface area contributed by atoms with Gasteiger partial charge in [0.2, 0.25) is 0 Å². The number of anilines is 1. The van der Waals surface area contributed by atoms with Crippen molar-refractivity contribution in [2.24, 2.45) is 5.11 Å². The fraction of sp³-hybridized carbons (Fsp3) is 0.533. The molecule has 22 heavy (non-hydrogen) atoms. The van der Waals surface area contributed by atoms with E-state index in [4.69, 9.17) is 10.3 Å². The van der Waals surface area contributed by atoms with Gasteiger partial charge in [-0.1, -0.05) is 5.11 Å². The van der Waals surface area contributed by atoms with Crippen LogP contribution in [0.5, 0.6) is 0 Å². The predicted octanol–water partition coefficient (Wildman–Crippen LogP) is 2.75. The van der Waals surface area contributed by atoms with Crippen molar-refractivity contribution < 1.29 is 9.53 Å². The Balaban J connectivity index is 2.73. The van der Waals surface area contributed by atoms with Gasteiger partial charge < -0.3 is 15.0 Å². The van der Waals surface area contributed by atoms with Crippen LogP contribution in [0.2, 0.25) is 0 Å². The van der Waals surface area contributed by atoms with Crippen LogP contribution in [0, 0.1) is 20.8 Å². The molecule has 0 atom stereocenters. The lowest BCUT2D eigenvalue weighted by atomic mass is 9.94. The number of azide groups is 1. The van der Waals surface area contributed by atoms with Crippen LogP contribution in [0.3, 0.4) is 0 Å². The molecule has 1 aromatic carbocycles. The molecule has 1 fully saturated rings. The second-order valence-electron chi connectivity index (χ2n) is 5.37. The SMILES string of the molecule is COC(=O)c1c(C)c(N=[N+]=[N-])c(C)c(N2CCNCC2)c1C. The number of esters is 1. The van der Waals surface area contributed by atoms with E-state index in [2.05, 4.69) is 20.2 Å². The molecule has 1 aliphatic heterocycles. The quantitative estimate of drug-likeness (QED) is 0.402. The molecule has 0 bridgehead atoms. The first-order chi connectivity index (χ1) is 10.5. The molecule has 7 nitrogen and oxygen atoms in total. The molecule has 2 rings (SSSR count). The number of rotatable bonds is 3. The maximum Gasteiger partial charge on any atom is 0.338 e. The molecular weight excluding hydrogens is 282 g/mol. The second-order valence-corrected chi connectivity index (χ2v) is 5.37. The number of nitrogens with one attached hydrogen (secondary N) is 1. The smallest absolute Gasteiger partial charge is 0.338 e. The molecule has 0 unspecified atom stereocenters. The largest absolute Gasteiger partial charge is 0.465 e. The van der Waals surface area contributed by atoms with Gasteiger partial charge in [-0.25, -0.2) is 4.79 Å². The Bertz CT molecular complexity index is 644. The van der Waals surface area contributed by atoms with E-state index in [9.17, 15) is 4.79 Å². The summed E-state index contributed by atoms with van der Waals surface area (Å²) in [6, 6.07) is 0. The second kappa shape index (κ2) is 6.68. The fourth-order valence-electron chi connectivity index (χ4n) is 3.16. The van der Waals surface area contributed by atoms with E-state index in [0.717, 1.165) is 43.0 Å². The summed E-state index contributed by atoms with van der Waals surface area (Å²) in [5, 5.41) is 7.12. The van der Waals surface area contributed by atoms with E-state index in [-0.39, 0.29) is 0 Å². The molecule has 118 valence electrons. The highest BCUT2D eigenvalue weighted by atomic mass is 16.5. The highest BCUT2D eigenvalue weighted by molar-refractivity contribution is 5.97. The molecular formula is C15H21N5O2. The van der Waals surface area contributed by atoms with E-state index in [1.165, 1.54) is 7.11 Å². The summed E-state index contributed by atoms with van der Waals surface area (Å²) in [5.41, 5.74) is 13.3. The zero-order valence-corrected chi connectivity index (χ0v) is 13.4. The fourth-order valence-corrected chi connectivity index (χ4v) is 3.16. The zero-order valence-electron chi connectivity index (χ0n) is 13.4. The number of ether oxygens (including phenoxy) is 1. The molecule has 0 spiro atoms. The molecule has 1 aliphatic rings. The maximum absolute atomic E-state index is 12.2. The third-order valence-corrected chi connectivity index (χ3v) is 4.14. The van der Waals surface area contributed by atoms with Crippen molar-refractivity contribution in [1.29, 1.82) is 0 Å². The third kappa shape index (κ3) is 2.73. The van der Waals surface area contributed by atoms with Crippen molar-refractivity contribution in [2.75, 3.05) is 38.2 Å². The summed E-state index contributed by atoms with van der Waals surface area (Å²) in [6.45, 7) is 9.11. The van der Waals surface area contributed by atoms with Gasteiger partial charge in [0.15, 0.2) is 0 Å². The number of piperazine rings is 1. The minimum atomic E-state index is -0.402. The van der Waals surface area contributed by atoms with Crippen LogP contribution >= 0.6 is 0 Å². The Labute approximate surface area is 129 Å². The first-order valence-electron chi connectivity index (χ1n) is 7.25. The molecule has 0 saturated carbocycles. The normalized spacial score (nSPS) is 14.5. The number of benzene rings is 1. The number of carbonyl (C=O) groups is 1. The van der Waals surface area contributed by atoms with E-state index in [0.29, 0.717) is 16.8 Å². The molecule has 1 aromatic rings. The highest BCUT2D eigenvalue weighted by Gasteiger charge is 2.25. The first-order valence-corrected chi connectivity index (χ1v) is 7.25. The summed E-state index contributed by atoms with van der Waals surface area (Å²) >= 11 is 0. The molecule has 1 N–H and O–H groups in total. The van der Waals surface area contributed by atoms with Crippen LogP contribution in [-0.4, -0.2) is 39.3 Å². The predicted molar refractivity (Wildman–Crippen MR) is 85.9 cm³/mol. The lowest BCUT2D eigenvalue weighted by Gasteiger charge is -2.33. The summed E-state index contributed by atoms with van der Waals surface area (Å²) in [6.07, 6.45) is 0. The maximum atomic E-state index is 12.2. The van der Waals surface area contributed by atoms with Gasteiger partial charge in [-0.2, -0.15) is 0 Å². The van der Waals surface area contributed by atoms with Crippen molar-refractivity contribution in [1.82, 2.24) is 5.32 Å². The van der Waals surface area contributed by atoms with Crippen molar-refractivity contribution in [3.63, 3.8) is 0 Å². The van der Waals surface area contributed by atoms with E-state index < -0.39 is 5.97 Å². The van der Waals surface area contributed by atoms with Crippen molar-refractivity contribution in [3.8, 4) is 0 Å². The zero-order chi connectivity index (χ0) is 16.3. The number of hydrogen-bond acceptors (Lipinski definition) is 5. The average Bonchev–Trinajstić information content (AvgIpc) is 2.52. The van der Waals surface area contributed by atoms with Crippen LogP contribution in [0.1, 0.15) is 27.0 Å². The number of hydrogen-bond donors (Lipinski definition) is 1. The summed E-state index contributed by atoms with van der Waals surface area (Å²) in [5.74, 6) is -0.402. The van der Waals surface area contributed by atoms with Gasteiger partial charge in [0.25, 0.3) is 0 Å². The van der Waals surface area contributed by atoms with Crippen LogP contribution in [0.4, 0.5) is 11.4 Å². The minimum Gasteiger partial charge on any atom is -0.465 e. The van der Waals surface area contributed by atoms with Gasteiger partial charge in [-0.15, -0.1) is 0 Å². The Morgan fingerprint density at radius 1 is 1.23 bits per heavy atom. The van der Waals surface area contributed by atoms with Gasteiger partial charge in [0.1, 0.15) is 0 Å². The molecule has 0 aromatic heterocycles. The van der Waals surface area contributed by atoms with Crippen LogP contribution in [0.25, 0.3) is 10.4 Å². The molecule has 1 saturated heterocycles. The molecule has 1 heterocycles. The Kier molecular flexibility index (Phi) is 4.90. The van der Waals surface area contributed by atoms with E-state index in [1.54, 1.807) is 6.92 Å². The topological polar surface area (TPSA) is 90.3 Å². The Morgan fingerprint density at radius 3 is 2.41 bits per heavy atom. The van der Waals surface area contributed by atoms with Crippen molar-refractivity contribution in [3.05, 3.63) is 32.7 Å². The number of nitrogens with zero attached hydrogens (tertiary/aromatic N) is 4. The van der Waals surface area contributed by atoms with Gasteiger partial charge in [-0.05, 0) is 43.0 Å². The van der Waals surface area contributed by atoms with Gasteiger partial charge in [0, 0.05) is 42.5 Å². The monoisotopic (exact) mass is 303 g/mol. The van der Waals surface area contributed by atoms with Gasteiger partial charge >= 0.3 is 5.97 Å². The summed E-state index contributed by atoms with van der Waals surface area (Å²) in [4.78, 5) is 17.3. The lowest BCUT2D eigenvalue weighted by Crippen LogP contribution is -2.44. The third-order valence-electron chi connectivity index (χ3n) is 4.14. The number of carbonyl (C=O) groups excluding carboxylic acids is 1. The van der Waals surface area contributed by atoms with Crippen LogP contribution in [-0.2, 0) is 4.74 Å². The molecule has 0 radical (unpaired) electrons. The average molecular weight is 303 g/mol. The van der Waals surface area contributed by atoms with Crippen LogP contribution < -0.4 is 10.2 Å².